The molecule has 116 valence electrons. The third-order valence-corrected chi connectivity index (χ3v) is 5.46. The van der Waals surface area contributed by atoms with Crippen LogP contribution in [0.4, 0.5) is 11.4 Å². The molecule has 4 rings (SSSR count). The van der Waals surface area contributed by atoms with Crippen molar-refractivity contribution in [2.75, 3.05) is 5.32 Å². The Morgan fingerprint density at radius 2 is 2.00 bits per heavy atom. The number of nitro benzene ring substituents is 1. The Labute approximate surface area is 147 Å². The van der Waals surface area contributed by atoms with E-state index in [2.05, 4.69) is 58.3 Å². The van der Waals surface area contributed by atoms with Gasteiger partial charge in [-0.15, -0.1) is 0 Å². The molecule has 0 fully saturated rings. The largest absolute Gasteiger partial charge is 0.377 e. The first-order valence-corrected chi connectivity index (χ1v) is 8.69. The number of allylic oxidation sites excluding steroid dienone is 2. The molecule has 0 aromatic heterocycles. The summed E-state index contributed by atoms with van der Waals surface area (Å²) >= 11 is 2.33. The van der Waals surface area contributed by atoms with E-state index in [0.717, 1.165) is 17.7 Å². The van der Waals surface area contributed by atoms with Crippen molar-refractivity contribution in [2.24, 2.45) is 5.92 Å². The molecule has 1 aliphatic heterocycles. The fourth-order valence-electron chi connectivity index (χ4n) is 3.79. The zero-order valence-electron chi connectivity index (χ0n) is 12.3. The van der Waals surface area contributed by atoms with Gasteiger partial charge in [0.2, 0.25) is 0 Å². The smallest absolute Gasteiger partial charge is 0.274 e. The molecule has 3 atom stereocenters. The average molecular weight is 418 g/mol. The summed E-state index contributed by atoms with van der Waals surface area (Å²) in [6.07, 6.45) is 5.40. The maximum absolute atomic E-state index is 11.4. The number of nitrogens with one attached hydrogen (secondary N) is 1. The fourth-order valence-corrected chi connectivity index (χ4v) is 4.31. The van der Waals surface area contributed by atoms with Gasteiger partial charge in [0.25, 0.3) is 5.69 Å². The molecule has 2 aromatic rings. The van der Waals surface area contributed by atoms with Crippen molar-refractivity contribution in [3.63, 3.8) is 0 Å². The average Bonchev–Trinajstić information content (AvgIpc) is 3.04. The zero-order valence-corrected chi connectivity index (χ0v) is 14.4. The van der Waals surface area contributed by atoms with E-state index >= 15 is 0 Å². The molecule has 0 saturated heterocycles. The van der Waals surface area contributed by atoms with Crippen molar-refractivity contribution in [1.29, 1.82) is 0 Å². The van der Waals surface area contributed by atoms with E-state index in [-0.39, 0.29) is 16.7 Å². The summed E-state index contributed by atoms with van der Waals surface area (Å²) < 4.78 is 1.21. The molecule has 1 heterocycles. The second-order valence-corrected chi connectivity index (χ2v) is 7.27. The summed E-state index contributed by atoms with van der Waals surface area (Å²) in [7, 11) is 0. The maximum Gasteiger partial charge on any atom is 0.274 e. The molecule has 2 aliphatic rings. The number of nitrogens with zero attached hydrogens (tertiary/aromatic N) is 1. The minimum atomic E-state index is -0.280. The summed E-state index contributed by atoms with van der Waals surface area (Å²) in [6, 6.07) is 13.4. The SMILES string of the molecule is O=[N+]([O-])c1ccccc1[C@H]1Nc2ccc(I)cc2[C@H]2C=CC[C@H]21. The van der Waals surface area contributed by atoms with Gasteiger partial charge in [-0.1, -0.05) is 30.4 Å². The van der Waals surface area contributed by atoms with E-state index in [1.807, 2.05) is 12.1 Å². The number of anilines is 1. The van der Waals surface area contributed by atoms with Gasteiger partial charge in [0, 0.05) is 21.2 Å². The molecular formula is C18H15IN2O2. The molecule has 5 heteroatoms. The molecule has 4 nitrogen and oxygen atoms in total. The molecule has 2 aromatic carbocycles. The highest BCUT2D eigenvalue weighted by Crippen LogP contribution is 2.51. The van der Waals surface area contributed by atoms with Gasteiger partial charge in [-0.05, 0) is 58.7 Å². The van der Waals surface area contributed by atoms with Crippen LogP contribution in [0.25, 0.3) is 0 Å². The van der Waals surface area contributed by atoms with E-state index in [1.54, 1.807) is 12.1 Å². The number of halogens is 1. The molecule has 0 saturated carbocycles. The molecule has 0 bridgehead atoms. The highest BCUT2D eigenvalue weighted by molar-refractivity contribution is 14.1. The Morgan fingerprint density at radius 1 is 1.17 bits per heavy atom. The minimum absolute atomic E-state index is 0.0378. The van der Waals surface area contributed by atoms with Crippen molar-refractivity contribution in [2.45, 2.75) is 18.4 Å². The van der Waals surface area contributed by atoms with Gasteiger partial charge in [-0.3, -0.25) is 10.1 Å². The van der Waals surface area contributed by atoms with Crippen LogP contribution in [0.5, 0.6) is 0 Å². The van der Waals surface area contributed by atoms with E-state index in [9.17, 15) is 10.1 Å². The highest BCUT2D eigenvalue weighted by Gasteiger charge is 2.40. The van der Waals surface area contributed by atoms with Crippen molar-refractivity contribution in [3.8, 4) is 0 Å². The van der Waals surface area contributed by atoms with E-state index in [1.165, 1.54) is 9.13 Å². The first-order valence-electron chi connectivity index (χ1n) is 7.61. The number of para-hydroxylation sites is 1. The van der Waals surface area contributed by atoms with Crippen LogP contribution >= 0.6 is 22.6 Å². The third-order valence-electron chi connectivity index (χ3n) is 4.79. The van der Waals surface area contributed by atoms with Crippen LogP contribution in [0.1, 0.15) is 29.5 Å². The quantitative estimate of drug-likeness (QED) is 0.322. The Morgan fingerprint density at radius 3 is 2.83 bits per heavy atom. The first kappa shape index (κ1) is 14.7. The van der Waals surface area contributed by atoms with Gasteiger partial charge in [0.1, 0.15) is 0 Å². The summed E-state index contributed by atoms with van der Waals surface area (Å²) in [5.41, 5.74) is 3.36. The highest BCUT2D eigenvalue weighted by atomic mass is 127. The number of rotatable bonds is 2. The molecule has 0 amide bonds. The van der Waals surface area contributed by atoms with Gasteiger partial charge in [-0.25, -0.2) is 0 Å². The van der Waals surface area contributed by atoms with Crippen molar-refractivity contribution in [1.82, 2.24) is 0 Å². The number of hydrogen-bond donors (Lipinski definition) is 1. The van der Waals surface area contributed by atoms with Crippen molar-refractivity contribution >= 4 is 34.0 Å². The first-order chi connectivity index (χ1) is 11.1. The summed E-state index contributed by atoms with van der Waals surface area (Å²) in [4.78, 5) is 11.1. The summed E-state index contributed by atoms with van der Waals surface area (Å²) in [6.45, 7) is 0. The molecule has 1 aliphatic carbocycles. The van der Waals surface area contributed by atoms with Gasteiger partial charge in [0.15, 0.2) is 0 Å². The lowest BCUT2D eigenvalue weighted by atomic mass is 9.77. The van der Waals surface area contributed by atoms with Crippen LogP contribution < -0.4 is 5.32 Å². The number of hydrogen-bond acceptors (Lipinski definition) is 3. The fraction of sp³-hybridized carbons (Fsp3) is 0.222. The predicted octanol–water partition coefficient (Wildman–Crippen LogP) is 5.03. The Bertz CT molecular complexity index is 818. The second kappa shape index (κ2) is 5.63. The van der Waals surface area contributed by atoms with E-state index in [4.69, 9.17) is 0 Å². The second-order valence-electron chi connectivity index (χ2n) is 6.02. The predicted molar refractivity (Wildman–Crippen MR) is 98.6 cm³/mol. The molecule has 1 N–H and O–H groups in total. The lowest BCUT2D eigenvalue weighted by Crippen LogP contribution is -2.29. The van der Waals surface area contributed by atoms with Crippen molar-refractivity contribution in [3.05, 3.63) is 79.4 Å². The minimum Gasteiger partial charge on any atom is -0.377 e. The summed E-state index contributed by atoms with van der Waals surface area (Å²) in [5, 5.41) is 15.0. The van der Waals surface area contributed by atoms with Crippen LogP contribution in [0.15, 0.2) is 54.6 Å². The standard InChI is InChI=1S/C18H15IN2O2/c19-11-8-9-16-15(10-11)12-5-3-6-13(12)18(20-16)14-4-1-2-7-17(14)21(22)23/h1-5,7-10,12-13,18,20H,6H2/t12-,13+,18-/m0/s1. The van der Waals surface area contributed by atoms with Crippen LogP contribution in [-0.4, -0.2) is 4.92 Å². The number of fused-ring (bicyclic) bond motifs is 3. The van der Waals surface area contributed by atoms with Crippen LogP contribution in [0.2, 0.25) is 0 Å². The molecule has 0 spiro atoms. The normalized spacial score (nSPS) is 24.7. The van der Waals surface area contributed by atoms with Gasteiger partial charge in [-0.2, -0.15) is 0 Å². The van der Waals surface area contributed by atoms with E-state index in [0.29, 0.717) is 11.8 Å². The van der Waals surface area contributed by atoms with E-state index < -0.39 is 0 Å². The Kier molecular flexibility index (Phi) is 3.60. The number of nitro groups is 1. The zero-order chi connectivity index (χ0) is 16.0. The summed E-state index contributed by atoms with van der Waals surface area (Å²) in [5.74, 6) is 0.646. The molecular weight excluding hydrogens is 403 g/mol. The number of benzene rings is 2. The lowest BCUT2D eigenvalue weighted by molar-refractivity contribution is -0.385. The third kappa shape index (κ3) is 2.43. The Hall–Kier alpha value is -1.89. The van der Waals surface area contributed by atoms with Gasteiger partial charge < -0.3 is 5.32 Å². The van der Waals surface area contributed by atoms with Crippen molar-refractivity contribution < 1.29 is 4.92 Å². The van der Waals surface area contributed by atoms with Crippen LogP contribution in [0, 0.1) is 19.6 Å². The van der Waals surface area contributed by atoms with Gasteiger partial charge in [0.05, 0.1) is 16.5 Å². The maximum atomic E-state index is 11.4. The topological polar surface area (TPSA) is 55.2 Å². The van der Waals surface area contributed by atoms with Crippen LogP contribution in [-0.2, 0) is 0 Å². The lowest BCUT2D eigenvalue weighted by Gasteiger charge is -2.37. The Balaban J connectivity index is 1.83. The molecule has 0 radical (unpaired) electrons. The van der Waals surface area contributed by atoms with Crippen LogP contribution in [0.3, 0.4) is 0 Å². The monoisotopic (exact) mass is 418 g/mol. The van der Waals surface area contributed by atoms with Gasteiger partial charge >= 0.3 is 0 Å². The molecule has 23 heavy (non-hydrogen) atoms. The molecule has 0 unspecified atom stereocenters.